The van der Waals surface area contributed by atoms with Gasteiger partial charge in [-0.05, 0) is 44.6 Å². The van der Waals surface area contributed by atoms with E-state index in [1.54, 1.807) is 0 Å². The number of nitrogens with zero attached hydrogens (tertiary/aromatic N) is 1. The zero-order valence-corrected chi connectivity index (χ0v) is 18.7. The van der Waals surface area contributed by atoms with Gasteiger partial charge in [-0.15, -0.1) is 24.8 Å². The first kappa shape index (κ1) is 27.0. The summed E-state index contributed by atoms with van der Waals surface area (Å²) in [6.45, 7) is 6.38. The molecule has 1 aromatic carbocycles. The highest BCUT2D eigenvalue weighted by molar-refractivity contribution is 5.85. The summed E-state index contributed by atoms with van der Waals surface area (Å²) in [6, 6.07) is 8.52. The van der Waals surface area contributed by atoms with Gasteiger partial charge < -0.3 is 20.1 Å². The van der Waals surface area contributed by atoms with Crippen LogP contribution in [-0.4, -0.2) is 63.9 Å². The number of benzene rings is 1. The van der Waals surface area contributed by atoms with Crippen LogP contribution in [0.25, 0.3) is 0 Å². The van der Waals surface area contributed by atoms with Crippen LogP contribution >= 0.6 is 24.8 Å². The van der Waals surface area contributed by atoms with Gasteiger partial charge in [0.05, 0.1) is 0 Å². The van der Waals surface area contributed by atoms with Gasteiger partial charge >= 0.3 is 0 Å². The van der Waals surface area contributed by atoms with Gasteiger partial charge in [-0.1, -0.05) is 19.1 Å². The molecule has 6 nitrogen and oxygen atoms in total. The summed E-state index contributed by atoms with van der Waals surface area (Å²) in [4.78, 5) is 14.3. The van der Waals surface area contributed by atoms with Crippen LogP contribution in [0.15, 0.2) is 24.3 Å². The second-order valence-electron chi connectivity index (χ2n) is 7.00. The van der Waals surface area contributed by atoms with Gasteiger partial charge in [-0.3, -0.25) is 9.69 Å². The van der Waals surface area contributed by atoms with Crippen LogP contribution in [0, 0.1) is 5.92 Å². The van der Waals surface area contributed by atoms with Crippen molar-refractivity contribution in [2.45, 2.75) is 32.4 Å². The van der Waals surface area contributed by atoms with Crippen molar-refractivity contribution in [2.75, 3.05) is 47.0 Å². The Hall–Kier alpha value is -1.05. The maximum atomic E-state index is 12.0. The van der Waals surface area contributed by atoms with Crippen LogP contribution in [0.4, 0.5) is 0 Å². The van der Waals surface area contributed by atoms with E-state index in [4.69, 9.17) is 9.47 Å². The van der Waals surface area contributed by atoms with E-state index in [0.717, 1.165) is 43.9 Å². The average Bonchev–Trinajstić information content (AvgIpc) is 2.67. The Morgan fingerprint density at radius 3 is 2.71 bits per heavy atom. The molecule has 8 heteroatoms. The number of hydrogen-bond donors (Lipinski definition) is 2. The highest BCUT2D eigenvalue weighted by Gasteiger charge is 2.18. The first-order valence-electron chi connectivity index (χ1n) is 9.52. The highest BCUT2D eigenvalue weighted by Crippen LogP contribution is 2.15. The molecule has 0 saturated carbocycles. The van der Waals surface area contributed by atoms with Crippen molar-refractivity contribution in [2.24, 2.45) is 5.92 Å². The van der Waals surface area contributed by atoms with Crippen LogP contribution in [0.2, 0.25) is 0 Å². The molecule has 0 aromatic heterocycles. The standard InChI is InChI=1S/C20H33N3O3.2ClH/c1-16(14-21-2)20(24)22-15-17-5-4-6-19(13-17)26-12-9-23(3)18-7-10-25-11-8-18;;/h4-6,13,16,18,21H,7-12,14-15H2,1-3H3,(H,22,24);2*1H. The highest BCUT2D eigenvalue weighted by atomic mass is 35.5. The molecule has 0 spiro atoms. The number of halogens is 2. The number of carbonyl (C=O) groups is 1. The molecule has 1 aliphatic heterocycles. The van der Waals surface area contributed by atoms with Gasteiger partial charge in [0.25, 0.3) is 0 Å². The predicted octanol–water partition coefficient (Wildman–Crippen LogP) is 2.49. The third-order valence-corrected chi connectivity index (χ3v) is 4.85. The van der Waals surface area contributed by atoms with Gasteiger partial charge in [0.15, 0.2) is 0 Å². The fourth-order valence-corrected chi connectivity index (χ4v) is 3.12. The van der Waals surface area contributed by atoms with Gasteiger partial charge in [0.2, 0.25) is 5.91 Å². The zero-order chi connectivity index (χ0) is 18.8. The first-order valence-corrected chi connectivity index (χ1v) is 9.52. The molecule has 2 N–H and O–H groups in total. The predicted molar refractivity (Wildman–Crippen MR) is 118 cm³/mol. The second kappa shape index (κ2) is 14.9. The summed E-state index contributed by atoms with van der Waals surface area (Å²) in [5, 5.41) is 5.99. The van der Waals surface area contributed by atoms with Crippen LogP contribution < -0.4 is 15.4 Å². The third kappa shape index (κ3) is 9.43. The van der Waals surface area contributed by atoms with Gasteiger partial charge in [0.1, 0.15) is 12.4 Å². The molecule has 1 fully saturated rings. The quantitative estimate of drug-likeness (QED) is 0.590. The van der Waals surface area contributed by atoms with E-state index in [-0.39, 0.29) is 36.6 Å². The van der Waals surface area contributed by atoms with E-state index < -0.39 is 0 Å². The number of hydrogen-bond acceptors (Lipinski definition) is 5. The van der Waals surface area contributed by atoms with Crippen molar-refractivity contribution >= 4 is 30.7 Å². The molecule has 1 aliphatic rings. The lowest BCUT2D eigenvalue weighted by molar-refractivity contribution is -0.124. The number of likely N-dealkylation sites (N-methyl/N-ethyl adjacent to an activating group) is 1. The average molecular weight is 436 g/mol. The normalized spacial score (nSPS) is 15.3. The summed E-state index contributed by atoms with van der Waals surface area (Å²) in [5.41, 5.74) is 1.05. The van der Waals surface area contributed by atoms with Crippen LogP contribution in [0.3, 0.4) is 0 Å². The topological polar surface area (TPSA) is 62.8 Å². The molecular formula is C20H35Cl2N3O3. The Labute approximate surface area is 181 Å². The lowest BCUT2D eigenvalue weighted by Crippen LogP contribution is -2.38. The minimum Gasteiger partial charge on any atom is -0.492 e. The number of nitrogens with one attached hydrogen (secondary N) is 2. The van der Waals surface area contributed by atoms with Crippen LogP contribution in [-0.2, 0) is 16.1 Å². The Bertz CT molecular complexity index is 557. The van der Waals surface area contributed by atoms with E-state index in [9.17, 15) is 4.79 Å². The van der Waals surface area contributed by atoms with Gasteiger partial charge in [-0.25, -0.2) is 0 Å². The van der Waals surface area contributed by atoms with E-state index in [0.29, 0.717) is 25.7 Å². The molecule has 1 amide bonds. The molecular weight excluding hydrogens is 401 g/mol. The molecule has 1 aromatic rings. The molecule has 28 heavy (non-hydrogen) atoms. The summed E-state index contributed by atoms with van der Waals surface area (Å²) in [7, 11) is 4.00. The smallest absolute Gasteiger partial charge is 0.224 e. The molecule has 0 radical (unpaired) electrons. The largest absolute Gasteiger partial charge is 0.492 e. The van der Waals surface area contributed by atoms with Crippen molar-refractivity contribution in [1.29, 1.82) is 0 Å². The van der Waals surface area contributed by atoms with E-state index >= 15 is 0 Å². The molecule has 1 unspecified atom stereocenters. The molecule has 1 atom stereocenters. The minimum atomic E-state index is -0.0415. The number of carbonyl (C=O) groups excluding carboxylic acids is 1. The Balaban J connectivity index is 0.00000364. The van der Waals surface area contributed by atoms with E-state index in [2.05, 4.69) is 22.6 Å². The molecule has 0 bridgehead atoms. The van der Waals surface area contributed by atoms with E-state index in [1.165, 1.54) is 0 Å². The number of amides is 1. The number of ether oxygens (including phenoxy) is 2. The van der Waals surface area contributed by atoms with Crippen molar-refractivity contribution in [1.82, 2.24) is 15.5 Å². The van der Waals surface area contributed by atoms with Crippen molar-refractivity contribution in [3.05, 3.63) is 29.8 Å². The SMILES string of the molecule is CNCC(C)C(=O)NCc1cccc(OCCN(C)C2CCOCC2)c1.Cl.Cl. The third-order valence-electron chi connectivity index (χ3n) is 4.85. The lowest BCUT2D eigenvalue weighted by atomic mass is 10.1. The Kier molecular flexibility index (Phi) is 14.3. The maximum Gasteiger partial charge on any atom is 0.224 e. The molecule has 2 rings (SSSR count). The molecule has 1 saturated heterocycles. The van der Waals surface area contributed by atoms with Crippen molar-refractivity contribution in [3.8, 4) is 5.75 Å². The number of rotatable bonds is 10. The monoisotopic (exact) mass is 435 g/mol. The van der Waals surface area contributed by atoms with Crippen LogP contribution in [0.1, 0.15) is 25.3 Å². The van der Waals surface area contributed by atoms with Gasteiger partial charge in [0, 0.05) is 44.8 Å². The minimum absolute atomic E-state index is 0. The maximum absolute atomic E-state index is 12.0. The van der Waals surface area contributed by atoms with Crippen molar-refractivity contribution in [3.63, 3.8) is 0 Å². The Morgan fingerprint density at radius 2 is 2.04 bits per heavy atom. The zero-order valence-electron chi connectivity index (χ0n) is 17.1. The van der Waals surface area contributed by atoms with Crippen LogP contribution in [0.5, 0.6) is 5.75 Å². The summed E-state index contributed by atoms with van der Waals surface area (Å²) in [6.07, 6.45) is 2.19. The van der Waals surface area contributed by atoms with Crippen molar-refractivity contribution < 1.29 is 14.3 Å². The summed E-state index contributed by atoms with van der Waals surface area (Å²) >= 11 is 0. The fraction of sp³-hybridized carbons (Fsp3) is 0.650. The molecule has 0 aliphatic carbocycles. The molecule has 1 heterocycles. The first-order chi connectivity index (χ1) is 12.6. The summed E-state index contributed by atoms with van der Waals surface area (Å²) in [5.74, 6) is 0.865. The molecule has 162 valence electrons. The van der Waals surface area contributed by atoms with Gasteiger partial charge in [-0.2, -0.15) is 0 Å². The lowest BCUT2D eigenvalue weighted by Gasteiger charge is -2.31. The summed E-state index contributed by atoms with van der Waals surface area (Å²) < 4.78 is 11.3. The fourth-order valence-electron chi connectivity index (χ4n) is 3.12. The second-order valence-corrected chi connectivity index (χ2v) is 7.00. The van der Waals surface area contributed by atoms with E-state index in [1.807, 2.05) is 38.2 Å². The Morgan fingerprint density at radius 1 is 1.32 bits per heavy atom.